The normalized spacial score (nSPS) is 21.8. The quantitative estimate of drug-likeness (QED) is 0.0181. The van der Waals surface area contributed by atoms with Crippen molar-refractivity contribution in [2.75, 3.05) is 13.2 Å². The summed E-state index contributed by atoms with van der Waals surface area (Å²) in [5.74, 6) is -0.718. The van der Waals surface area contributed by atoms with Crippen LogP contribution in [0.2, 0.25) is 0 Å². The molecule has 0 aromatic carbocycles. The summed E-state index contributed by atoms with van der Waals surface area (Å²) in [4.78, 5) is 13.1. The first-order valence-electron chi connectivity index (χ1n) is 22.9. The number of aliphatic hydroxyl groups excluding tert-OH is 5. The number of ether oxygens (including phenoxy) is 2. The van der Waals surface area contributed by atoms with Crippen LogP contribution in [0.1, 0.15) is 181 Å². The molecule has 1 fully saturated rings. The molecule has 0 aromatic rings. The van der Waals surface area contributed by atoms with Gasteiger partial charge in [0.1, 0.15) is 30.5 Å². The minimum absolute atomic E-state index is 0.236. The minimum Gasteiger partial charge on any atom is -0.394 e. The third-order valence-electron chi connectivity index (χ3n) is 10.9. The molecule has 13 nitrogen and oxygen atoms in total. The first kappa shape index (κ1) is 55.3. The number of carbonyl (C=O) groups excluding carboxylic acids is 1. The highest BCUT2D eigenvalue weighted by Gasteiger charge is 2.48. The average molecular weight is 862 g/mol. The van der Waals surface area contributed by atoms with Crippen molar-refractivity contribution in [2.24, 2.45) is 0 Å². The summed E-state index contributed by atoms with van der Waals surface area (Å²) >= 11 is 0. The van der Waals surface area contributed by atoms with Crippen LogP contribution in [0.15, 0.2) is 36.5 Å². The number of rotatable bonds is 38. The summed E-state index contributed by atoms with van der Waals surface area (Å²) < 4.78 is 47.3. The van der Waals surface area contributed by atoms with E-state index in [0.717, 1.165) is 38.5 Å². The Labute approximate surface area is 357 Å². The lowest BCUT2D eigenvalue weighted by Gasteiger charge is -2.41. The van der Waals surface area contributed by atoms with Crippen LogP contribution in [0.3, 0.4) is 0 Å². The standard InChI is InChI=1S/C45H83NO12S/c1-3-5-7-9-11-13-14-15-16-17-18-19-20-21-22-23-24-26-28-30-32-34-39(49)44(52)46-37(38(48)33-31-29-27-25-12-10-8-6-4-2)36-56-45-42(51)43(58-59(53,54)55)41(50)40(35-47)57-45/h4,6,12,25,31,33,37-43,45,47-51H,3,5,7-11,13-24,26-30,32,34-36H2,1-2H3,(H,46,52)(H,53,54,55)/b6-4+,25-12+,33-31+. The molecular weight excluding hydrogens is 779 g/mol. The maximum atomic E-state index is 13.1. The fourth-order valence-electron chi connectivity index (χ4n) is 7.21. The van der Waals surface area contributed by atoms with Gasteiger partial charge in [-0.15, -0.1) is 0 Å². The zero-order chi connectivity index (χ0) is 43.6. The van der Waals surface area contributed by atoms with E-state index in [9.17, 15) is 38.7 Å². The second-order valence-corrected chi connectivity index (χ2v) is 17.2. The van der Waals surface area contributed by atoms with Crippen molar-refractivity contribution in [3.05, 3.63) is 36.5 Å². The topological polar surface area (TPSA) is 212 Å². The van der Waals surface area contributed by atoms with Gasteiger partial charge in [0.2, 0.25) is 5.91 Å². The molecule has 0 aromatic heterocycles. The van der Waals surface area contributed by atoms with Gasteiger partial charge in [-0.05, 0) is 39.0 Å². The van der Waals surface area contributed by atoms with Crippen LogP contribution < -0.4 is 5.32 Å². The summed E-state index contributed by atoms with van der Waals surface area (Å²) in [6.45, 7) is 2.95. The third kappa shape index (κ3) is 28.5. The Morgan fingerprint density at radius 3 is 1.63 bits per heavy atom. The summed E-state index contributed by atoms with van der Waals surface area (Å²) in [6, 6.07) is -1.14. The Morgan fingerprint density at radius 1 is 0.712 bits per heavy atom. The SMILES string of the molecule is C/C=C/CC/C=C/CC/C=C/C(O)C(COC1OC(CO)C(O)C(OS(=O)(=O)O)C1O)NC(=O)C(O)CCCCCCCCCCCCCCCCCCCCCCC. The van der Waals surface area contributed by atoms with Crippen molar-refractivity contribution < 1.29 is 57.0 Å². The summed E-state index contributed by atoms with van der Waals surface area (Å²) in [7, 11) is -5.12. The Hall–Kier alpha value is -1.72. The van der Waals surface area contributed by atoms with Crippen molar-refractivity contribution in [2.45, 2.75) is 230 Å². The van der Waals surface area contributed by atoms with E-state index in [1.54, 1.807) is 6.08 Å². The fourth-order valence-corrected chi connectivity index (χ4v) is 7.71. The monoisotopic (exact) mass is 862 g/mol. The zero-order valence-corrected chi connectivity index (χ0v) is 37.2. The van der Waals surface area contributed by atoms with Crippen LogP contribution in [0.25, 0.3) is 0 Å². The smallest absolute Gasteiger partial charge is 0.394 e. The zero-order valence-electron chi connectivity index (χ0n) is 36.4. The molecule has 1 aliphatic heterocycles. The molecule has 1 aliphatic rings. The first-order valence-corrected chi connectivity index (χ1v) is 24.3. The van der Waals surface area contributed by atoms with Gasteiger partial charge in [-0.3, -0.25) is 9.35 Å². The van der Waals surface area contributed by atoms with Gasteiger partial charge in [-0.1, -0.05) is 178 Å². The Kier molecular flexibility index (Phi) is 33.6. The van der Waals surface area contributed by atoms with Crippen LogP contribution in [-0.2, 0) is 28.9 Å². The lowest BCUT2D eigenvalue weighted by atomic mass is 9.99. The first-order chi connectivity index (χ1) is 28.4. The molecule has 1 amide bonds. The number of amides is 1. The number of allylic oxidation sites excluding steroid dienone is 5. The summed E-state index contributed by atoms with van der Waals surface area (Å²) in [5.41, 5.74) is 0. The number of unbranched alkanes of at least 4 members (excludes halogenated alkanes) is 22. The molecule has 8 unspecified atom stereocenters. The molecule has 7 N–H and O–H groups in total. The summed E-state index contributed by atoms with van der Waals surface area (Å²) in [6.07, 6.45) is 29.9. The van der Waals surface area contributed by atoms with Gasteiger partial charge in [0.25, 0.3) is 0 Å². The van der Waals surface area contributed by atoms with Crippen molar-refractivity contribution in [1.82, 2.24) is 5.32 Å². The second kappa shape index (κ2) is 35.8. The molecule has 14 heteroatoms. The van der Waals surface area contributed by atoms with Crippen molar-refractivity contribution in [3.63, 3.8) is 0 Å². The largest absolute Gasteiger partial charge is 0.397 e. The Morgan fingerprint density at radius 2 is 1.17 bits per heavy atom. The van der Waals surface area contributed by atoms with Gasteiger partial charge < -0.3 is 40.3 Å². The molecule has 1 rings (SSSR count). The highest BCUT2D eigenvalue weighted by atomic mass is 32.3. The van der Waals surface area contributed by atoms with E-state index in [2.05, 4.69) is 28.6 Å². The van der Waals surface area contributed by atoms with E-state index in [4.69, 9.17) is 14.0 Å². The van der Waals surface area contributed by atoms with E-state index in [1.165, 1.54) is 115 Å². The number of hydrogen-bond acceptors (Lipinski definition) is 11. The molecule has 1 saturated heterocycles. The molecule has 0 spiro atoms. The Balaban J connectivity index is 2.46. The van der Waals surface area contributed by atoms with Gasteiger partial charge in [0.15, 0.2) is 6.29 Å². The van der Waals surface area contributed by atoms with Crippen LogP contribution in [0.5, 0.6) is 0 Å². The molecule has 0 bridgehead atoms. The maximum absolute atomic E-state index is 13.1. The fraction of sp³-hybridized carbons (Fsp3) is 0.844. The van der Waals surface area contributed by atoms with Crippen LogP contribution in [0, 0.1) is 0 Å². The molecule has 0 saturated carbocycles. The molecule has 346 valence electrons. The lowest BCUT2D eigenvalue weighted by molar-refractivity contribution is -0.298. The van der Waals surface area contributed by atoms with E-state index < -0.39 is 78.5 Å². The lowest BCUT2D eigenvalue weighted by Crippen LogP contribution is -2.61. The predicted molar refractivity (Wildman–Crippen MR) is 233 cm³/mol. The van der Waals surface area contributed by atoms with Crippen LogP contribution in [-0.4, -0.2) is 107 Å². The molecule has 8 atom stereocenters. The summed E-state index contributed by atoms with van der Waals surface area (Å²) in [5, 5.41) is 55.0. The maximum Gasteiger partial charge on any atom is 0.397 e. The van der Waals surface area contributed by atoms with E-state index in [1.807, 2.05) is 19.1 Å². The second-order valence-electron chi connectivity index (χ2n) is 16.1. The van der Waals surface area contributed by atoms with Gasteiger partial charge in [-0.25, -0.2) is 4.18 Å². The number of carbonyl (C=O) groups is 1. The molecule has 59 heavy (non-hydrogen) atoms. The molecule has 1 heterocycles. The predicted octanol–water partition coefficient (Wildman–Crippen LogP) is 7.69. The minimum atomic E-state index is -5.12. The molecular formula is C45H83NO12S. The highest BCUT2D eigenvalue weighted by Crippen LogP contribution is 2.26. The van der Waals surface area contributed by atoms with Crippen LogP contribution >= 0.6 is 0 Å². The molecule has 0 aliphatic carbocycles. The van der Waals surface area contributed by atoms with E-state index >= 15 is 0 Å². The highest BCUT2D eigenvalue weighted by molar-refractivity contribution is 7.80. The van der Waals surface area contributed by atoms with Crippen molar-refractivity contribution in [1.29, 1.82) is 0 Å². The van der Waals surface area contributed by atoms with E-state index in [0.29, 0.717) is 12.8 Å². The van der Waals surface area contributed by atoms with Gasteiger partial charge in [0, 0.05) is 0 Å². The van der Waals surface area contributed by atoms with Gasteiger partial charge in [0.05, 0.1) is 25.4 Å². The van der Waals surface area contributed by atoms with Crippen LogP contribution in [0.4, 0.5) is 0 Å². The van der Waals surface area contributed by atoms with Gasteiger partial charge >= 0.3 is 10.4 Å². The van der Waals surface area contributed by atoms with E-state index in [-0.39, 0.29) is 6.42 Å². The third-order valence-corrected chi connectivity index (χ3v) is 11.3. The molecule has 0 radical (unpaired) electrons. The number of hydrogen-bond donors (Lipinski definition) is 7. The number of nitrogens with one attached hydrogen (secondary N) is 1. The number of aliphatic hydroxyl groups is 5. The van der Waals surface area contributed by atoms with Crippen molar-refractivity contribution in [3.8, 4) is 0 Å². The van der Waals surface area contributed by atoms with Gasteiger partial charge in [-0.2, -0.15) is 8.42 Å². The Bertz CT molecular complexity index is 1220. The average Bonchev–Trinajstić information content (AvgIpc) is 3.20. The van der Waals surface area contributed by atoms with Crippen molar-refractivity contribution >= 4 is 16.3 Å².